The highest BCUT2D eigenvalue weighted by Gasteiger charge is 2.35. The lowest BCUT2D eigenvalue weighted by Gasteiger charge is -2.31. The van der Waals surface area contributed by atoms with Crippen molar-refractivity contribution in [2.24, 2.45) is 5.73 Å². The first kappa shape index (κ1) is 26.4. The molecule has 10 heteroatoms. The number of aromatic nitrogens is 3. The Morgan fingerprint density at radius 1 is 1.03 bits per heavy atom. The zero-order valence-corrected chi connectivity index (χ0v) is 21.5. The third-order valence-electron chi connectivity index (χ3n) is 7.23. The van der Waals surface area contributed by atoms with Gasteiger partial charge >= 0.3 is 5.91 Å². The monoisotopic (exact) mass is 526 g/mol. The van der Waals surface area contributed by atoms with E-state index in [-0.39, 0.29) is 23.8 Å². The summed E-state index contributed by atoms with van der Waals surface area (Å²) in [5, 5.41) is 27.6. The van der Waals surface area contributed by atoms with Crippen molar-refractivity contribution in [2.75, 3.05) is 0 Å². The van der Waals surface area contributed by atoms with E-state index in [1.165, 1.54) is 28.1 Å². The standard InChI is InChI=1S/C29H30N6O4/c1-19(33-17-21-10-5-6-11-22(21)18-33)24-13-15-34(32-24)28-23(12-7-14-31-28)29(38)35(39)25(26(36)27(30)37)16-20-8-3-2-4-9-20/h2-15,19,25-26,35-36H,16-18H2,1H3,(H2,30,37). The van der Waals surface area contributed by atoms with E-state index in [9.17, 15) is 19.9 Å². The average molecular weight is 527 g/mol. The molecule has 2 aromatic heterocycles. The van der Waals surface area contributed by atoms with Gasteiger partial charge in [-0.05, 0) is 41.8 Å². The number of carbonyl (C=O) groups is 2. The Hall–Kier alpha value is -4.22. The lowest BCUT2D eigenvalue weighted by Crippen LogP contribution is -3.16. The second-order valence-corrected chi connectivity index (χ2v) is 9.75. The third kappa shape index (κ3) is 5.50. The van der Waals surface area contributed by atoms with E-state index in [2.05, 4.69) is 28.9 Å². The van der Waals surface area contributed by atoms with E-state index in [1.807, 2.05) is 18.2 Å². The quantitative estimate of drug-likeness (QED) is 0.279. The number of amides is 2. The molecule has 3 heterocycles. The molecule has 0 saturated carbocycles. The Morgan fingerprint density at radius 2 is 1.69 bits per heavy atom. The average Bonchev–Trinajstić information content (AvgIpc) is 3.63. The number of nitrogens with zero attached hydrogens (tertiary/aromatic N) is 4. The fourth-order valence-corrected chi connectivity index (χ4v) is 4.97. The van der Waals surface area contributed by atoms with Crippen LogP contribution in [0.25, 0.3) is 5.82 Å². The summed E-state index contributed by atoms with van der Waals surface area (Å²) in [4.78, 5) is 31.9. The Morgan fingerprint density at radius 3 is 2.36 bits per heavy atom. The summed E-state index contributed by atoms with van der Waals surface area (Å²) in [7, 11) is 0. The minimum absolute atomic E-state index is 0.00381. The van der Waals surface area contributed by atoms with Gasteiger partial charge in [0.25, 0.3) is 5.91 Å². The molecule has 4 unspecified atom stereocenters. The number of aliphatic hydroxyl groups excluding tert-OH is 1. The molecular weight excluding hydrogens is 496 g/mol. The number of hydrogen-bond donors (Lipinski definition) is 3. The van der Waals surface area contributed by atoms with Crippen LogP contribution in [0.1, 0.15) is 45.7 Å². The number of carbonyl (C=O) groups excluding carboxylic acids is 2. The van der Waals surface area contributed by atoms with Gasteiger partial charge in [0, 0.05) is 31.9 Å². The molecule has 0 bridgehead atoms. The number of benzene rings is 2. The molecule has 5 rings (SSSR count). The Bertz CT molecular complexity index is 1450. The van der Waals surface area contributed by atoms with Gasteiger partial charge in [0.05, 0.1) is 11.7 Å². The molecule has 0 saturated heterocycles. The maximum Gasteiger partial charge on any atom is 0.348 e. The highest BCUT2D eigenvalue weighted by atomic mass is 16.5. The van der Waals surface area contributed by atoms with Gasteiger partial charge in [-0.3, -0.25) is 14.8 Å². The van der Waals surface area contributed by atoms with Crippen LogP contribution in [0.5, 0.6) is 0 Å². The molecule has 4 atom stereocenters. The summed E-state index contributed by atoms with van der Waals surface area (Å²) >= 11 is 0. The number of nitrogens with two attached hydrogens (primary N) is 1. The van der Waals surface area contributed by atoms with Crippen molar-refractivity contribution in [3.63, 3.8) is 0 Å². The van der Waals surface area contributed by atoms with Crippen molar-refractivity contribution in [1.82, 2.24) is 19.7 Å². The van der Waals surface area contributed by atoms with Crippen LogP contribution in [0.4, 0.5) is 0 Å². The summed E-state index contributed by atoms with van der Waals surface area (Å²) in [6.07, 6.45) is 1.38. The molecule has 2 amide bonds. The number of nitrogens with one attached hydrogen (secondary N) is 1. The predicted molar refractivity (Wildman–Crippen MR) is 143 cm³/mol. The molecule has 0 radical (unpaired) electrons. The molecule has 1 aliphatic heterocycles. The van der Waals surface area contributed by atoms with E-state index in [0.29, 0.717) is 5.56 Å². The fraction of sp³-hybridized carbons (Fsp3) is 0.241. The fourth-order valence-electron chi connectivity index (χ4n) is 4.97. The summed E-state index contributed by atoms with van der Waals surface area (Å²) in [5.74, 6) is -1.76. The van der Waals surface area contributed by atoms with Crippen molar-refractivity contribution < 1.29 is 19.8 Å². The van der Waals surface area contributed by atoms with Crippen molar-refractivity contribution >= 4 is 11.8 Å². The second kappa shape index (κ2) is 11.3. The molecule has 39 heavy (non-hydrogen) atoms. The number of fused-ring (bicyclic) bond motifs is 1. The summed E-state index contributed by atoms with van der Waals surface area (Å²) in [6, 6.07) is 20.7. The molecule has 0 aliphatic carbocycles. The molecule has 200 valence electrons. The molecule has 10 nitrogen and oxygen atoms in total. The first-order valence-electron chi connectivity index (χ1n) is 12.7. The van der Waals surface area contributed by atoms with Crippen LogP contribution in [-0.4, -0.2) is 48.7 Å². The lowest BCUT2D eigenvalue weighted by atomic mass is 10.00. The highest BCUT2D eigenvalue weighted by Crippen LogP contribution is 2.30. The smallest absolute Gasteiger partial charge is 0.348 e. The van der Waals surface area contributed by atoms with Crippen LogP contribution in [0, 0.1) is 5.21 Å². The largest absolute Gasteiger partial charge is 0.626 e. The van der Waals surface area contributed by atoms with Gasteiger partial charge in [-0.15, -0.1) is 0 Å². The van der Waals surface area contributed by atoms with Crippen LogP contribution in [0.15, 0.2) is 85.2 Å². The lowest BCUT2D eigenvalue weighted by molar-refractivity contribution is -0.792. The van der Waals surface area contributed by atoms with Crippen molar-refractivity contribution in [3.05, 3.63) is 118 Å². The van der Waals surface area contributed by atoms with Gasteiger partial charge in [0.2, 0.25) is 0 Å². The minimum atomic E-state index is -1.82. The van der Waals surface area contributed by atoms with Gasteiger partial charge in [0.1, 0.15) is 11.6 Å². The number of rotatable bonds is 9. The van der Waals surface area contributed by atoms with Crippen LogP contribution >= 0.6 is 0 Å². The number of aliphatic hydroxyl groups is 1. The van der Waals surface area contributed by atoms with Gasteiger partial charge in [-0.2, -0.15) is 5.10 Å². The first-order valence-corrected chi connectivity index (χ1v) is 12.7. The molecule has 0 spiro atoms. The zero-order chi connectivity index (χ0) is 27.5. The molecule has 4 N–H and O–H groups in total. The highest BCUT2D eigenvalue weighted by molar-refractivity contribution is 5.91. The van der Waals surface area contributed by atoms with Gasteiger partial charge < -0.3 is 16.0 Å². The van der Waals surface area contributed by atoms with E-state index < -0.39 is 29.0 Å². The Labute approximate surface area is 225 Å². The summed E-state index contributed by atoms with van der Waals surface area (Å²) in [6.45, 7) is 3.71. The Kier molecular flexibility index (Phi) is 7.62. The number of hydrogen-bond acceptors (Lipinski definition) is 7. The van der Waals surface area contributed by atoms with E-state index in [4.69, 9.17) is 10.8 Å². The molecule has 2 aromatic carbocycles. The Balaban J connectivity index is 1.39. The molecule has 0 fully saturated rings. The van der Waals surface area contributed by atoms with Gasteiger partial charge in [-0.25, -0.2) is 14.5 Å². The number of quaternary nitrogens is 1. The van der Waals surface area contributed by atoms with Gasteiger partial charge in [0.15, 0.2) is 11.9 Å². The topological polar surface area (TPSA) is 142 Å². The summed E-state index contributed by atoms with van der Waals surface area (Å²) in [5.41, 5.74) is 9.41. The molecule has 1 aliphatic rings. The van der Waals surface area contributed by atoms with Crippen molar-refractivity contribution in [1.29, 1.82) is 0 Å². The minimum Gasteiger partial charge on any atom is -0.626 e. The SMILES string of the molecule is CC(c1ccn(-c2ncccc2C(=O)[NH+]([O-])C(Cc2ccccc2)C(O)C(N)=O)n1)N1Cc2ccccc2C1. The van der Waals surface area contributed by atoms with E-state index >= 15 is 0 Å². The van der Waals surface area contributed by atoms with Crippen LogP contribution in [0.2, 0.25) is 0 Å². The predicted octanol–water partition coefficient (Wildman–Crippen LogP) is 1.32. The maximum atomic E-state index is 13.5. The molecular formula is C29H30N6O4. The first-order chi connectivity index (χ1) is 18.8. The van der Waals surface area contributed by atoms with E-state index in [1.54, 1.807) is 42.6 Å². The number of primary amides is 1. The number of hydroxylamine groups is 2. The maximum absolute atomic E-state index is 13.5. The summed E-state index contributed by atoms with van der Waals surface area (Å²) < 4.78 is 1.48. The third-order valence-corrected chi connectivity index (χ3v) is 7.23. The van der Waals surface area contributed by atoms with E-state index in [0.717, 1.165) is 18.8 Å². The zero-order valence-electron chi connectivity index (χ0n) is 21.5. The second-order valence-electron chi connectivity index (χ2n) is 9.75. The normalized spacial score (nSPS) is 16.3. The van der Waals surface area contributed by atoms with Crippen LogP contribution < -0.4 is 10.8 Å². The van der Waals surface area contributed by atoms with Crippen LogP contribution in [0.3, 0.4) is 0 Å². The van der Waals surface area contributed by atoms with Crippen molar-refractivity contribution in [3.8, 4) is 5.82 Å². The molecule has 4 aromatic rings. The number of pyridine rings is 1. The van der Waals surface area contributed by atoms with Gasteiger partial charge in [-0.1, -0.05) is 54.6 Å². The van der Waals surface area contributed by atoms with Crippen LogP contribution in [-0.2, 0) is 24.3 Å². The van der Waals surface area contributed by atoms with Crippen molar-refractivity contribution in [2.45, 2.75) is 44.6 Å².